The van der Waals surface area contributed by atoms with Crippen LogP contribution in [0.4, 0.5) is 5.69 Å². The number of nitrogens with one attached hydrogen (secondary N) is 1. The lowest BCUT2D eigenvalue weighted by Gasteiger charge is -2.34. The quantitative estimate of drug-likeness (QED) is 0.902. The van der Waals surface area contributed by atoms with Crippen molar-refractivity contribution in [1.29, 1.82) is 5.26 Å². The maximum Gasteiger partial charge on any atom is 0.225 e. The molecule has 1 aliphatic heterocycles. The van der Waals surface area contributed by atoms with Crippen molar-refractivity contribution < 1.29 is 9.59 Å². The number of benzene rings is 1. The van der Waals surface area contributed by atoms with Crippen LogP contribution in [-0.2, 0) is 9.59 Å². The lowest BCUT2D eigenvalue weighted by molar-refractivity contribution is -0.130. The second-order valence-corrected chi connectivity index (χ2v) is 5.30. The molecule has 6 heteroatoms. The normalized spacial score (nSPS) is 15.2. The molecule has 1 aliphatic rings. The Morgan fingerprint density at radius 3 is 2.55 bits per heavy atom. The number of hydrogen-bond acceptors (Lipinski definition) is 4. The van der Waals surface area contributed by atoms with E-state index in [9.17, 15) is 9.59 Å². The summed E-state index contributed by atoms with van der Waals surface area (Å²) in [6, 6.07) is 9.02. The molecule has 0 aliphatic carbocycles. The molecule has 0 aromatic heterocycles. The lowest BCUT2D eigenvalue weighted by atomic mass is 10.2. The van der Waals surface area contributed by atoms with Crippen molar-refractivity contribution in [3.63, 3.8) is 0 Å². The van der Waals surface area contributed by atoms with Gasteiger partial charge in [-0.3, -0.25) is 14.5 Å². The Hall–Kier alpha value is -2.39. The second kappa shape index (κ2) is 7.57. The van der Waals surface area contributed by atoms with Gasteiger partial charge in [-0.1, -0.05) is 12.1 Å². The van der Waals surface area contributed by atoms with E-state index in [1.54, 1.807) is 31.2 Å². The third kappa shape index (κ3) is 4.30. The first-order chi connectivity index (χ1) is 10.6. The summed E-state index contributed by atoms with van der Waals surface area (Å²) < 4.78 is 0. The van der Waals surface area contributed by atoms with Crippen LogP contribution in [-0.4, -0.2) is 54.3 Å². The molecule has 0 unspecified atom stereocenters. The van der Waals surface area contributed by atoms with Crippen molar-refractivity contribution in [3.05, 3.63) is 29.8 Å². The highest BCUT2D eigenvalue weighted by atomic mass is 16.2. The molecule has 1 saturated heterocycles. The van der Waals surface area contributed by atoms with Crippen LogP contribution in [0.5, 0.6) is 0 Å². The van der Waals surface area contributed by atoms with Crippen LogP contribution in [0.15, 0.2) is 24.3 Å². The number of amides is 2. The molecule has 1 aromatic carbocycles. The second-order valence-electron chi connectivity index (χ2n) is 5.30. The fourth-order valence-electron chi connectivity index (χ4n) is 2.45. The largest absolute Gasteiger partial charge is 0.340 e. The minimum absolute atomic E-state index is 0.100. The predicted octanol–water partition coefficient (Wildman–Crippen LogP) is 1.05. The van der Waals surface area contributed by atoms with Gasteiger partial charge < -0.3 is 10.2 Å². The third-order valence-electron chi connectivity index (χ3n) is 3.79. The predicted molar refractivity (Wildman–Crippen MR) is 83.1 cm³/mol. The van der Waals surface area contributed by atoms with Crippen molar-refractivity contribution in [2.45, 2.75) is 13.3 Å². The van der Waals surface area contributed by atoms with Gasteiger partial charge in [0.15, 0.2) is 0 Å². The summed E-state index contributed by atoms with van der Waals surface area (Å²) in [4.78, 5) is 27.2. The molecular weight excluding hydrogens is 280 g/mol. The Labute approximate surface area is 130 Å². The van der Waals surface area contributed by atoms with E-state index < -0.39 is 0 Å². The van der Waals surface area contributed by atoms with E-state index in [0.717, 1.165) is 13.1 Å². The van der Waals surface area contributed by atoms with Gasteiger partial charge in [0.1, 0.15) is 6.07 Å². The average molecular weight is 300 g/mol. The van der Waals surface area contributed by atoms with E-state index in [1.165, 1.54) is 0 Å². The minimum atomic E-state index is -0.100. The topological polar surface area (TPSA) is 76.4 Å². The molecule has 1 N–H and O–H groups in total. The summed E-state index contributed by atoms with van der Waals surface area (Å²) >= 11 is 0. The molecular formula is C16H20N4O2. The standard InChI is InChI=1S/C16H20N4O2/c1-13(21)20-10-8-19(9-11-20)7-6-16(22)18-15-5-3-2-4-14(15)12-17/h2-5H,6-11H2,1H3,(H,18,22). The molecule has 22 heavy (non-hydrogen) atoms. The van der Waals surface area contributed by atoms with E-state index in [-0.39, 0.29) is 11.8 Å². The average Bonchev–Trinajstić information content (AvgIpc) is 2.54. The maximum absolute atomic E-state index is 12.0. The van der Waals surface area contributed by atoms with Gasteiger partial charge in [-0.2, -0.15) is 5.26 Å². The van der Waals surface area contributed by atoms with Crippen molar-refractivity contribution >= 4 is 17.5 Å². The number of para-hydroxylation sites is 1. The summed E-state index contributed by atoms with van der Waals surface area (Å²) in [5, 5.41) is 11.8. The van der Waals surface area contributed by atoms with Crippen LogP contribution in [0.25, 0.3) is 0 Å². The van der Waals surface area contributed by atoms with Gasteiger partial charge in [0.05, 0.1) is 11.3 Å². The number of anilines is 1. The summed E-state index contributed by atoms with van der Waals surface area (Å²) in [5.74, 6) is 0.00204. The number of nitriles is 1. The Morgan fingerprint density at radius 2 is 1.91 bits per heavy atom. The number of rotatable bonds is 4. The van der Waals surface area contributed by atoms with E-state index in [0.29, 0.717) is 37.3 Å². The van der Waals surface area contributed by atoms with Crippen LogP contribution in [0, 0.1) is 11.3 Å². The van der Waals surface area contributed by atoms with E-state index in [4.69, 9.17) is 5.26 Å². The zero-order chi connectivity index (χ0) is 15.9. The zero-order valence-electron chi connectivity index (χ0n) is 12.7. The number of hydrogen-bond donors (Lipinski definition) is 1. The fraction of sp³-hybridized carbons (Fsp3) is 0.438. The highest BCUT2D eigenvalue weighted by Crippen LogP contribution is 2.13. The van der Waals surface area contributed by atoms with Crippen molar-refractivity contribution in [2.75, 3.05) is 38.0 Å². The van der Waals surface area contributed by atoms with Gasteiger partial charge in [0.2, 0.25) is 11.8 Å². The van der Waals surface area contributed by atoms with Crippen LogP contribution < -0.4 is 5.32 Å². The van der Waals surface area contributed by atoms with Gasteiger partial charge in [-0.25, -0.2) is 0 Å². The molecule has 0 atom stereocenters. The highest BCUT2D eigenvalue weighted by molar-refractivity contribution is 5.92. The van der Waals surface area contributed by atoms with Crippen LogP contribution in [0.1, 0.15) is 18.9 Å². The first-order valence-electron chi connectivity index (χ1n) is 7.37. The Kier molecular flexibility index (Phi) is 5.50. The molecule has 116 valence electrons. The van der Waals surface area contributed by atoms with Crippen LogP contribution >= 0.6 is 0 Å². The molecule has 1 heterocycles. The molecule has 0 saturated carbocycles. The Bertz CT molecular complexity index is 586. The van der Waals surface area contributed by atoms with Crippen LogP contribution in [0.3, 0.4) is 0 Å². The van der Waals surface area contributed by atoms with Gasteiger partial charge in [0, 0.05) is 46.1 Å². The molecule has 0 bridgehead atoms. The molecule has 1 fully saturated rings. The van der Waals surface area contributed by atoms with Crippen molar-refractivity contribution in [1.82, 2.24) is 9.80 Å². The number of nitrogens with zero attached hydrogens (tertiary/aromatic N) is 3. The van der Waals surface area contributed by atoms with Gasteiger partial charge >= 0.3 is 0 Å². The molecule has 2 rings (SSSR count). The lowest BCUT2D eigenvalue weighted by Crippen LogP contribution is -2.48. The van der Waals surface area contributed by atoms with Crippen molar-refractivity contribution in [3.8, 4) is 6.07 Å². The van der Waals surface area contributed by atoms with Gasteiger partial charge in [-0.15, -0.1) is 0 Å². The Morgan fingerprint density at radius 1 is 1.23 bits per heavy atom. The summed E-state index contributed by atoms with van der Waals surface area (Å²) in [7, 11) is 0. The van der Waals surface area contributed by atoms with E-state index in [1.807, 2.05) is 4.90 Å². The van der Waals surface area contributed by atoms with Gasteiger partial charge in [0.25, 0.3) is 0 Å². The molecule has 0 radical (unpaired) electrons. The highest BCUT2D eigenvalue weighted by Gasteiger charge is 2.18. The van der Waals surface area contributed by atoms with Gasteiger partial charge in [-0.05, 0) is 12.1 Å². The molecule has 2 amide bonds. The summed E-state index contributed by atoms with van der Waals surface area (Å²) in [6.07, 6.45) is 0.375. The Balaban J connectivity index is 1.77. The number of carbonyl (C=O) groups is 2. The number of carbonyl (C=O) groups excluding carboxylic acids is 2. The fourth-order valence-corrected chi connectivity index (χ4v) is 2.45. The molecule has 1 aromatic rings. The first kappa shape index (κ1) is 16.0. The van der Waals surface area contributed by atoms with E-state index >= 15 is 0 Å². The summed E-state index contributed by atoms with van der Waals surface area (Å²) in [5.41, 5.74) is 1.02. The summed E-state index contributed by atoms with van der Waals surface area (Å²) in [6.45, 7) is 5.26. The maximum atomic E-state index is 12.0. The van der Waals surface area contributed by atoms with Crippen LogP contribution in [0.2, 0.25) is 0 Å². The minimum Gasteiger partial charge on any atom is -0.340 e. The monoisotopic (exact) mass is 300 g/mol. The van der Waals surface area contributed by atoms with E-state index in [2.05, 4.69) is 16.3 Å². The SMILES string of the molecule is CC(=O)N1CCN(CCC(=O)Nc2ccccc2C#N)CC1. The smallest absolute Gasteiger partial charge is 0.225 e. The zero-order valence-corrected chi connectivity index (χ0v) is 12.7. The third-order valence-corrected chi connectivity index (χ3v) is 3.79. The van der Waals surface area contributed by atoms with Crippen molar-refractivity contribution in [2.24, 2.45) is 0 Å². The molecule has 6 nitrogen and oxygen atoms in total. The number of piperazine rings is 1. The first-order valence-corrected chi connectivity index (χ1v) is 7.37. The molecule has 0 spiro atoms.